The molecule has 2 heterocycles. The third kappa shape index (κ3) is 2.36. The van der Waals surface area contributed by atoms with Crippen molar-refractivity contribution in [2.45, 2.75) is 26.4 Å². The first-order valence-electron chi connectivity index (χ1n) is 5.48. The van der Waals surface area contributed by atoms with Crippen LogP contribution in [0.3, 0.4) is 0 Å². The maximum absolute atomic E-state index is 9.81. The summed E-state index contributed by atoms with van der Waals surface area (Å²) < 4.78 is 1.88. The molecular weight excluding hydrogens is 218 g/mol. The lowest BCUT2D eigenvalue weighted by molar-refractivity contribution is 0.0885. The SMILES string of the molecule is Cc1nnc2c(N(C)CC(C)(C)O)nccn12. The molecule has 0 aromatic carbocycles. The van der Waals surface area contributed by atoms with E-state index in [1.165, 1.54) is 0 Å². The van der Waals surface area contributed by atoms with Crippen LogP contribution in [0.2, 0.25) is 0 Å². The summed E-state index contributed by atoms with van der Waals surface area (Å²) in [5.74, 6) is 1.54. The number of aryl methyl sites for hydroxylation is 1. The van der Waals surface area contributed by atoms with Gasteiger partial charge in [0.2, 0.25) is 5.65 Å². The Balaban J connectivity index is 2.41. The number of nitrogens with zero attached hydrogens (tertiary/aromatic N) is 5. The molecule has 0 aliphatic rings. The summed E-state index contributed by atoms with van der Waals surface area (Å²) in [5, 5.41) is 17.9. The Morgan fingerprint density at radius 1 is 1.41 bits per heavy atom. The number of rotatable bonds is 3. The number of aliphatic hydroxyl groups is 1. The predicted octanol–water partition coefficient (Wildman–Crippen LogP) is 0.640. The Bertz CT molecular complexity index is 528. The molecule has 0 aliphatic heterocycles. The number of fused-ring (bicyclic) bond motifs is 1. The van der Waals surface area contributed by atoms with Crippen LogP contribution in [0.15, 0.2) is 12.4 Å². The molecule has 1 N–H and O–H groups in total. The molecule has 0 fully saturated rings. The van der Waals surface area contributed by atoms with Crippen molar-refractivity contribution < 1.29 is 5.11 Å². The fraction of sp³-hybridized carbons (Fsp3) is 0.545. The largest absolute Gasteiger partial charge is 0.389 e. The Hall–Kier alpha value is -1.69. The molecule has 0 spiro atoms. The fourth-order valence-corrected chi connectivity index (χ4v) is 1.85. The van der Waals surface area contributed by atoms with Crippen LogP contribution < -0.4 is 4.90 Å². The van der Waals surface area contributed by atoms with Crippen LogP contribution in [0.1, 0.15) is 19.7 Å². The summed E-state index contributed by atoms with van der Waals surface area (Å²) in [5.41, 5.74) is -0.0741. The zero-order chi connectivity index (χ0) is 12.6. The summed E-state index contributed by atoms with van der Waals surface area (Å²) in [6.07, 6.45) is 3.53. The highest BCUT2D eigenvalue weighted by molar-refractivity contribution is 5.63. The smallest absolute Gasteiger partial charge is 0.203 e. The Morgan fingerprint density at radius 3 is 2.76 bits per heavy atom. The van der Waals surface area contributed by atoms with E-state index in [9.17, 15) is 5.11 Å². The van der Waals surface area contributed by atoms with Gasteiger partial charge in [0.1, 0.15) is 5.82 Å². The second-order valence-corrected chi connectivity index (χ2v) is 4.86. The molecule has 0 radical (unpaired) electrons. The maximum atomic E-state index is 9.81. The van der Waals surface area contributed by atoms with Gasteiger partial charge in [-0.2, -0.15) is 0 Å². The molecule has 2 aromatic rings. The first-order chi connectivity index (χ1) is 7.88. The van der Waals surface area contributed by atoms with Crippen LogP contribution in [0, 0.1) is 6.92 Å². The first-order valence-corrected chi connectivity index (χ1v) is 5.48. The third-order valence-electron chi connectivity index (χ3n) is 2.46. The molecule has 0 saturated heterocycles. The average Bonchev–Trinajstić information content (AvgIpc) is 2.58. The molecule has 6 nitrogen and oxygen atoms in total. The minimum Gasteiger partial charge on any atom is -0.389 e. The van der Waals surface area contributed by atoms with Crippen LogP contribution in [0.5, 0.6) is 0 Å². The molecule has 0 bridgehead atoms. The molecule has 2 rings (SSSR count). The van der Waals surface area contributed by atoms with Crippen LogP contribution in [0.25, 0.3) is 5.65 Å². The Kier molecular flexibility index (Phi) is 2.74. The Labute approximate surface area is 99.9 Å². The molecule has 2 aromatic heterocycles. The molecule has 17 heavy (non-hydrogen) atoms. The normalized spacial score (nSPS) is 12.1. The summed E-state index contributed by atoms with van der Waals surface area (Å²) in [7, 11) is 1.88. The molecule has 0 saturated carbocycles. The first kappa shape index (κ1) is 11.8. The number of hydrogen-bond acceptors (Lipinski definition) is 5. The van der Waals surface area contributed by atoms with Crippen molar-refractivity contribution in [3.05, 3.63) is 18.2 Å². The van der Waals surface area contributed by atoms with Crippen LogP contribution in [-0.4, -0.2) is 43.9 Å². The van der Waals surface area contributed by atoms with Crippen LogP contribution in [0.4, 0.5) is 5.82 Å². The quantitative estimate of drug-likeness (QED) is 0.845. The molecule has 0 aliphatic carbocycles. The predicted molar refractivity (Wildman–Crippen MR) is 65.1 cm³/mol. The van der Waals surface area contributed by atoms with Gasteiger partial charge < -0.3 is 10.0 Å². The minimum atomic E-state index is -0.779. The van der Waals surface area contributed by atoms with Crippen molar-refractivity contribution in [3.8, 4) is 0 Å². The molecule has 0 atom stereocenters. The molecule has 0 amide bonds. The summed E-state index contributed by atoms with van der Waals surface area (Å²) in [6.45, 7) is 5.89. The van der Waals surface area contributed by atoms with Gasteiger partial charge in [-0.3, -0.25) is 4.40 Å². The van der Waals surface area contributed by atoms with Crippen molar-refractivity contribution in [1.82, 2.24) is 19.6 Å². The third-order valence-corrected chi connectivity index (χ3v) is 2.46. The van der Waals surface area contributed by atoms with Gasteiger partial charge in [0.05, 0.1) is 5.60 Å². The number of anilines is 1. The van der Waals surface area contributed by atoms with E-state index in [0.29, 0.717) is 12.2 Å². The van der Waals surface area contributed by atoms with Crippen LogP contribution >= 0.6 is 0 Å². The van der Waals surface area contributed by atoms with E-state index in [0.717, 1.165) is 11.6 Å². The van der Waals surface area contributed by atoms with Gasteiger partial charge in [-0.25, -0.2) is 4.98 Å². The van der Waals surface area contributed by atoms with Crippen LogP contribution in [-0.2, 0) is 0 Å². The fourth-order valence-electron chi connectivity index (χ4n) is 1.85. The standard InChI is InChI=1S/C11H17N5O/c1-8-13-14-10-9(12-5-6-16(8)10)15(4)7-11(2,3)17/h5-6,17H,7H2,1-4H3. The lowest BCUT2D eigenvalue weighted by atomic mass is 10.1. The average molecular weight is 235 g/mol. The Morgan fingerprint density at radius 2 is 2.12 bits per heavy atom. The van der Waals surface area contributed by atoms with E-state index in [1.54, 1.807) is 20.0 Å². The lowest BCUT2D eigenvalue weighted by Gasteiger charge is -2.26. The van der Waals surface area contributed by atoms with E-state index in [4.69, 9.17) is 0 Å². The monoisotopic (exact) mass is 235 g/mol. The van der Waals surface area contributed by atoms with Gasteiger partial charge in [0, 0.05) is 26.0 Å². The minimum absolute atomic E-state index is 0.478. The number of hydrogen-bond donors (Lipinski definition) is 1. The number of aromatic nitrogens is 4. The molecular formula is C11H17N5O. The highest BCUT2D eigenvalue weighted by Crippen LogP contribution is 2.17. The molecule has 6 heteroatoms. The van der Waals surface area contributed by atoms with Crippen molar-refractivity contribution >= 4 is 11.5 Å². The summed E-state index contributed by atoms with van der Waals surface area (Å²) >= 11 is 0. The second-order valence-electron chi connectivity index (χ2n) is 4.86. The summed E-state index contributed by atoms with van der Waals surface area (Å²) in [4.78, 5) is 6.17. The van der Waals surface area contributed by atoms with E-state index in [2.05, 4.69) is 15.2 Å². The van der Waals surface area contributed by atoms with Gasteiger partial charge in [-0.1, -0.05) is 0 Å². The van der Waals surface area contributed by atoms with Crippen molar-refractivity contribution in [3.63, 3.8) is 0 Å². The van der Waals surface area contributed by atoms with Gasteiger partial charge in [0.25, 0.3) is 0 Å². The highest BCUT2D eigenvalue weighted by atomic mass is 16.3. The van der Waals surface area contributed by atoms with Crippen molar-refractivity contribution in [1.29, 1.82) is 0 Å². The summed E-state index contributed by atoms with van der Waals surface area (Å²) in [6, 6.07) is 0. The number of likely N-dealkylation sites (N-methyl/N-ethyl adjacent to an activating group) is 1. The van der Waals surface area contributed by atoms with Crippen molar-refractivity contribution in [2.24, 2.45) is 0 Å². The van der Waals surface area contributed by atoms with Gasteiger partial charge >= 0.3 is 0 Å². The van der Waals surface area contributed by atoms with Gasteiger partial charge in [-0.15, -0.1) is 10.2 Å². The second kappa shape index (κ2) is 3.96. The lowest BCUT2D eigenvalue weighted by Crippen LogP contribution is -2.36. The maximum Gasteiger partial charge on any atom is 0.203 e. The zero-order valence-corrected chi connectivity index (χ0v) is 10.5. The molecule has 0 unspecified atom stereocenters. The van der Waals surface area contributed by atoms with Gasteiger partial charge in [0.15, 0.2) is 5.82 Å². The topological polar surface area (TPSA) is 66.5 Å². The molecule has 92 valence electrons. The van der Waals surface area contributed by atoms with Gasteiger partial charge in [-0.05, 0) is 20.8 Å². The van der Waals surface area contributed by atoms with E-state index in [-0.39, 0.29) is 0 Å². The highest BCUT2D eigenvalue weighted by Gasteiger charge is 2.19. The van der Waals surface area contributed by atoms with Crippen molar-refractivity contribution in [2.75, 3.05) is 18.5 Å². The zero-order valence-electron chi connectivity index (χ0n) is 10.5. The van der Waals surface area contributed by atoms with E-state index >= 15 is 0 Å². The van der Waals surface area contributed by atoms with E-state index in [1.807, 2.05) is 29.5 Å². The van der Waals surface area contributed by atoms with E-state index < -0.39 is 5.60 Å².